The van der Waals surface area contributed by atoms with Crippen LogP contribution in [0.25, 0.3) is 0 Å². The van der Waals surface area contributed by atoms with Crippen LogP contribution in [0.2, 0.25) is 0 Å². The van der Waals surface area contributed by atoms with Crippen LogP contribution in [0.1, 0.15) is 13.3 Å². The zero-order chi connectivity index (χ0) is 12.0. The van der Waals surface area contributed by atoms with Crippen molar-refractivity contribution in [3.05, 3.63) is 0 Å². The van der Waals surface area contributed by atoms with Gasteiger partial charge in [0.05, 0.1) is 18.6 Å². The third kappa shape index (κ3) is 3.73. The summed E-state index contributed by atoms with van der Waals surface area (Å²) in [6.45, 7) is 3.97. The van der Waals surface area contributed by atoms with Crippen LogP contribution in [0.5, 0.6) is 0 Å². The maximum Gasteiger partial charge on any atom is 0.224 e. The Morgan fingerprint density at radius 1 is 1.56 bits per heavy atom. The molecular formula is C11H22N2O3. The van der Waals surface area contributed by atoms with Crippen LogP contribution in [0, 0.1) is 5.92 Å². The largest absolute Gasteiger partial charge is 0.382 e. The molecule has 0 radical (unpaired) electrons. The van der Waals surface area contributed by atoms with Gasteiger partial charge in [-0.1, -0.05) is 0 Å². The van der Waals surface area contributed by atoms with E-state index < -0.39 is 0 Å². The fourth-order valence-electron chi connectivity index (χ4n) is 1.96. The van der Waals surface area contributed by atoms with Crippen molar-refractivity contribution in [2.24, 2.45) is 5.92 Å². The van der Waals surface area contributed by atoms with Crippen molar-refractivity contribution in [2.45, 2.75) is 25.5 Å². The summed E-state index contributed by atoms with van der Waals surface area (Å²) in [5.74, 6) is 0.190. The van der Waals surface area contributed by atoms with Crippen LogP contribution in [-0.2, 0) is 14.3 Å². The average molecular weight is 230 g/mol. The SMILES string of the molecule is COCC(CNC(=O)C1CCNC1C)OC. The number of hydrogen-bond acceptors (Lipinski definition) is 4. The fraction of sp³-hybridized carbons (Fsp3) is 0.909. The first-order valence-electron chi connectivity index (χ1n) is 5.71. The fourth-order valence-corrected chi connectivity index (χ4v) is 1.96. The third-order valence-electron chi connectivity index (χ3n) is 3.05. The molecule has 1 amide bonds. The first-order chi connectivity index (χ1) is 7.69. The van der Waals surface area contributed by atoms with Crippen molar-refractivity contribution < 1.29 is 14.3 Å². The van der Waals surface area contributed by atoms with Crippen molar-refractivity contribution in [3.63, 3.8) is 0 Å². The van der Waals surface area contributed by atoms with Crippen LogP contribution in [0.3, 0.4) is 0 Å². The quantitative estimate of drug-likeness (QED) is 0.661. The van der Waals surface area contributed by atoms with E-state index >= 15 is 0 Å². The van der Waals surface area contributed by atoms with Gasteiger partial charge in [0.2, 0.25) is 5.91 Å². The molecule has 3 atom stereocenters. The first kappa shape index (κ1) is 13.4. The van der Waals surface area contributed by atoms with Gasteiger partial charge >= 0.3 is 0 Å². The Morgan fingerprint density at radius 3 is 2.81 bits per heavy atom. The second-order valence-electron chi connectivity index (χ2n) is 4.20. The van der Waals surface area contributed by atoms with E-state index in [0.717, 1.165) is 13.0 Å². The monoisotopic (exact) mass is 230 g/mol. The highest BCUT2D eigenvalue weighted by Gasteiger charge is 2.29. The van der Waals surface area contributed by atoms with Crippen molar-refractivity contribution in [1.29, 1.82) is 0 Å². The van der Waals surface area contributed by atoms with E-state index in [1.54, 1.807) is 14.2 Å². The predicted octanol–water partition coefficient (Wildman–Crippen LogP) is -0.238. The van der Waals surface area contributed by atoms with Gasteiger partial charge in [0, 0.05) is 26.8 Å². The van der Waals surface area contributed by atoms with E-state index in [1.807, 2.05) is 6.92 Å². The minimum absolute atomic E-state index is 0.0707. The maximum absolute atomic E-state index is 11.8. The van der Waals surface area contributed by atoms with Crippen LogP contribution in [0.15, 0.2) is 0 Å². The van der Waals surface area contributed by atoms with Crippen molar-refractivity contribution in [2.75, 3.05) is 33.9 Å². The van der Waals surface area contributed by atoms with Gasteiger partial charge in [-0.3, -0.25) is 4.79 Å². The summed E-state index contributed by atoms with van der Waals surface area (Å²) < 4.78 is 10.2. The van der Waals surface area contributed by atoms with E-state index in [4.69, 9.17) is 9.47 Å². The Kier molecular flexibility index (Phi) is 5.73. The molecule has 2 N–H and O–H groups in total. The molecule has 1 saturated heterocycles. The Hall–Kier alpha value is -0.650. The second-order valence-corrected chi connectivity index (χ2v) is 4.20. The van der Waals surface area contributed by atoms with Crippen molar-refractivity contribution in [1.82, 2.24) is 10.6 Å². The summed E-state index contributed by atoms with van der Waals surface area (Å²) in [6, 6.07) is 0.267. The zero-order valence-corrected chi connectivity index (χ0v) is 10.3. The summed E-state index contributed by atoms with van der Waals surface area (Å²) in [4.78, 5) is 11.8. The van der Waals surface area contributed by atoms with Gasteiger partial charge in [-0.15, -0.1) is 0 Å². The lowest BCUT2D eigenvalue weighted by atomic mass is 10.0. The number of nitrogens with one attached hydrogen (secondary N) is 2. The standard InChI is InChI=1S/C11H22N2O3/c1-8-10(4-5-12-8)11(14)13-6-9(16-3)7-15-2/h8-10,12H,4-7H2,1-3H3,(H,13,14). The van der Waals surface area contributed by atoms with E-state index in [-0.39, 0.29) is 24.0 Å². The molecule has 3 unspecified atom stereocenters. The van der Waals surface area contributed by atoms with E-state index in [0.29, 0.717) is 13.2 Å². The molecule has 0 bridgehead atoms. The predicted molar refractivity (Wildman–Crippen MR) is 61.3 cm³/mol. The van der Waals surface area contributed by atoms with Gasteiger partial charge in [-0.2, -0.15) is 0 Å². The Morgan fingerprint density at radius 2 is 2.31 bits per heavy atom. The summed E-state index contributed by atoms with van der Waals surface area (Å²) >= 11 is 0. The van der Waals surface area contributed by atoms with Gasteiger partial charge in [0.1, 0.15) is 0 Å². The highest BCUT2D eigenvalue weighted by Crippen LogP contribution is 2.14. The molecule has 1 aliphatic heterocycles. The lowest BCUT2D eigenvalue weighted by Gasteiger charge is -2.18. The molecule has 0 aromatic heterocycles. The minimum Gasteiger partial charge on any atom is -0.382 e. The van der Waals surface area contributed by atoms with Crippen LogP contribution >= 0.6 is 0 Å². The van der Waals surface area contributed by atoms with E-state index in [9.17, 15) is 4.79 Å². The van der Waals surface area contributed by atoms with Crippen molar-refractivity contribution in [3.8, 4) is 0 Å². The number of carbonyl (C=O) groups excluding carboxylic acids is 1. The molecular weight excluding hydrogens is 208 g/mol. The lowest BCUT2D eigenvalue weighted by Crippen LogP contribution is -2.41. The molecule has 94 valence electrons. The van der Waals surface area contributed by atoms with E-state index in [2.05, 4.69) is 10.6 Å². The molecule has 1 heterocycles. The molecule has 1 aliphatic rings. The van der Waals surface area contributed by atoms with Gasteiger partial charge in [-0.25, -0.2) is 0 Å². The number of ether oxygens (including phenoxy) is 2. The van der Waals surface area contributed by atoms with Gasteiger partial charge in [0.25, 0.3) is 0 Å². The maximum atomic E-state index is 11.8. The van der Waals surface area contributed by atoms with Crippen molar-refractivity contribution >= 4 is 5.91 Å². The Balaban J connectivity index is 2.28. The number of hydrogen-bond donors (Lipinski definition) is 2. The molecule has 0 aromatic rings. The molecule has 0 aliphatic carbocycles. The molecule has 0 spiro atoms. The smallest absolute Gasteiger partial charge is 0.224 e. The zero-order valence-electron chi connectivity index (χ0n) is 10.3. The van der Waals surface area contributed by atoms with Crippen LogP contribution in [0.4, 0.5) is 0 Å². The van der Waals surface area contributed by atoms with Crippen LogP contribution < -0.4 is 10.6 Å². The number of carbonyl (C=O) groups is 1. The summed E-state index contributed by atoms with van der Waals surface area (Å²) in [5, 5.41) is 6.17. The molecule has 1 fully saturated rings. The average Bonchev–Trinajstić information content (AvgIpc) is 2.70. The topological polar surface area (TPSA) is 59.6 Å². The number of rotatable bonds is 6. The van der Waals surface area contributed by atoms with Gasteiger partial charge in [0.15, 0.2) is 0 Å². The molecule has 16 heavy (non-hydrogen) atoms. The highest BCUT2D eigenvalue weighted by atomic mass is 16.5. The van der Waals surface area contributed by atoms with Gasteiger partial charge in [-0.05, 0) is 19.9 Å². The normalized spacial score (nSPS) is 26.7. The summed E-state index contributed by atoms with van der Waals surface area (Å²) in [6.07, 6.45) is 0.841. The Bertz CT molecular complexity index is 223. The Labute approximate surface area is 96.9 Å². The third-order valence-corrected chi connectivity index (χ3v) is 3.05. The molecule has 1 rings (SSSR count). The molecule has 0 aromatic carbocycles. The lowest BCUT2D eigenvalue weighted by molar-refractivity contribution is -0.125. The molecule has 5 nitrogen and oxygen atoms in total. The minimum atomic E-state index is -0.0707. The summed E-state index contributed by atoms with van der Waals surface area (Å²) in [7, 11) is 3.24. The number of methoxy groups -OCH3 is 2. The van der Waals surface area contributed by atoms with Gasteiger partial charge < -0.3 is 20.1 Å². The first-order valence-corrected chi connectivity index (χ1v) is 5.71. The highest BCUT2D eigenvalue weighted by molar-refractivity contribution is 5.79. The van der Waals surface area contributed by atoms with E-state index in [1.165, 1.54) is 0 Å². The molecule has 0 saturated carbocycles. The second kappa shape index (κ2) is 6.83. The molecule has 5 heteroatoms. The number of amides is 1. The summed E-state index contributed by atoms with van der Waals surface area (Å²) in [5.41, 5.74) is 0. The van der Waals surface area contributed by atoms with Crippen LogP contribution in [-0.4, -0.2) is 52.0 Å².